The van der Waals surface area contributed by atoms with E-state index in [4.69, 9.17) is 5.73 Å². The summed E-state index contributed by atoms with van der Waals surface area (Å²) in [6, 6.07) is -0.0767. The molecule has 1 amide bonds. The van der Waals surface area contributed by atoms with E-state index < -0.39 is 0 Å². The third-order valence-corrected chi connectivity index (χ3v) is 4.12. The van der Waals surface area contributed by atoms with E-state index in [-0.39, 0.29) is 18.4 Å². The molecule has 96 valence electrons. The highest BCUT2D eigenvalue weighted by molar-refractivity contribution is 7.13. The van der Waals surface area contributed by atoms with Crippen molar-refractivity contribution in [3.63, 3.8) is 0 Å². The minimum atomic E-state index is -0.0767. The van der Waals surface area contributed by atoms with Gasteiger partial charge in [-0.2, -0.15) is 0 Å². The van der Waals surface area contributed by atoms with Crippen molar-refractivity contribution >= 4 is 33.7 Å². The Kier molecular flexibility index (Phi) is 3.93. The largest absolute Gasteiger partial charge is 0.375 e. The van der Waals surface area contributed by atoms with Crippen molar-refractivity contribution in [3.05, 3.63) is 27.2 Å². The molecule has 7 heteroatoms. The summed E-state index contributed by atoms with van der Waals surface area (Å²) in [5.41, 5.74) is 6.22. The van der Waals surface area contributed by atoms with Crippen LogP contribution in [0.25, 0.3) is 0 Å². The van der Waals surface area contributed by atoms with Gasteiger partial charge in [0, 0.05) is 16.5 Å². The van der Waals surface area contributed by atoms with E-state index in [0.717, 1.165) is 9.88 Å². The molecular formula is C11H14N4OS2. The number of carbonyl (C=O) groups is 1. The van der Waals surface area contributed by atoms with E-state index in [2.05, 4.69) is 15.3 Å². The highest BCUT2D eigenvalue weighted by Crippen LogP contribution is 2.19. The van der Waals surface area contributed by atoms with Gasteiger partial charge in [0.15, 0.2) is 5.13 Å². The van der Waals surface area contributed by atoms with Gasteiger partial charge in [-0.15, -0.1) is 22.7 Å². The fraction of sp³-hybridized carbons (Fsp3) is 0.364. The highest BCUT2D eigenvalue weighted by atomic mass is 32.1. The summed E-state index contributed by atoms with van der Waals surface area (Å²) in [5, 5.41) is 6.10. The number of aryl methyl sites for hydroxylation is 1. The second kappa shape index (κ2) is 5.45. The molecule has 3 N–H and O–H groups in total. The fourth-order valence-corrected chi connectivity index (χ4v) is 2.83. The Morgan fingerprint density at radius 3 is 2.94 bits per heavy atom. The second-order valence-corrected chi connectivity index (χ2v) is 6.11. The number of amides is 1. The summed E-state index contributed by atoms with van der Waals surface area (Å²) in [4.78, 5) is 21.2. The van der Waals surface area contributed by atoms with Crippen LogP contribution >= 0.6 is 22.7 Å². The Bertz CT molecular complexity index is 549. The van der Waals surface area contributed by atoms with Gasteiger partial charge in [-0.3, -0.25) is 4.79 Å². The normalized spacial score (nSPS) is 12.3. The first-order chi connectivity index (χ1) is 8.54. The molecule has 2 heterocycles. The van der Waals surface area contributed by atoms with Crippen molar-refractivity contribution < 1.29 is 4.79 Å². The first-order valence-electron chi connectivity index (χ1n) is 5.46. The van der Waals surface area contributed by atoms with Crippen molar-refractivity contribution in [2.24, 2.45) is 0 Å². The zero-order chi connectivity index (χ0) is 13.1. The van der Waals surface area contributed by atoms with Gasteiger partial charge in [-0.1, -0.05) is 0 Å². The molecule has 0 saturated heterocycles. The van der Waals surface area contributed by atoms with Crippen molar-refractivity contribution in [1.82, 2.24) is 15.3 Å². The van der Waals surface area contributed by atoms with Crippen LogP contribution in [-0.2, 0) is 11.2 Å². The maximum Gasteiger partial charge on any atom is 0.226 e. The summed E-state index contributed by atoms with van der Waals surface area (Å²) in [6.45, 7) is 3.92. The zero-order valence-electron chi connectivity index (χ0n) is 10.1. The van der Waals surface area contributed by atoms with Crippen LogP contribution in [0.5, 0.6) is 0 Å². The molecule has 5 nitrogen and oxygen atoms in total. The topological polar surface area (TPSA) is 80.9 Å². The number of nitrogens with two attached hydrogens (primary N) is 1. The van der Waals surface area contributed by atoms with Gasteiger partial charge in [0.1, 0.15) is 5.01 Å². The molecule has 0 aliphatic heterocycles. The van der Waals surface area contributed by atoms with Gasteiger partial charge in [-0.25, -0.2) is 9.97 Å². The summed E-state index contributed by atoms with van der Waals surface area (Å²) < 4.78 is 0. The van der Waals surface area contributed by atoms with Crippen LogP contribution in [0.1, 0.15) is 28.5 Å². The summed E-state index contributed by atoms with van der Waals surface area (Å²) in [5.74, 6) is -0.0688. The average Bonchev–Trinajstić information content (AvgIpc) is 2.87. The quantitative estimate of drug-likeness (QED) is 0.897. The molecular weight excluding hydrogens is 268 g/mol. The van der Waals surface area contributed by atoms with Crippen molar-refractivity contribution in [2.75, 3.05) is 5.73 Å². The van der Waals surface area contributed by atoms with Crippen LogP contribution < -0.4 is 11.1 Å². The molecule has 0 spiro atoms. The van der Waals surface area contributed by atoms with Crippen LogP contribution in [0.3, 0.4) is 0 Å². The van der Waals surface area contributed by atoms with Crippen LogP contribution in [-0.4, -0.2) is 15.9 Å². The molecule has 0 fully saturated rings. The Balaban J connectivity index is 1.91. The number of nitrogen functional groups attached to an aromatic ring is 1. The minimum Gasteiger partial charge on any atom is -0.375 e. The predicted molar refractivity (Wildman–Crippen MR) is 73.6 cm³/mol. The Hall–Kier alpha value is -1.47. The molecule has 2 rings (SSSR count). The number of anilines is 1. The Labute approximate surface area is 113 Å². The highest BCUT2D eigenvalue weighted by Gasteiger charge is 2.13. The van der Waals surface area contributed by atoms with E-state index in [9.17, 15) is 4.79 Å². The molecule has 18 heavy (non-hydrogen) atoms. The second-order valence-electron chi connectivity index (χ2n) is 3.95. The summed E-state index contributed by atoms with van der Waals surface area (Å²) >= 11 is 2.93. The molecule has 1 unspecified atom stereocenters. The molecule has 2 aromatic rings. The summed E-state index contributed by atoms with van der Waals surface area (Å²) in [6.07, 6.45) is 2.06. The number of nitrogens with zero attached hydrogens (tertiary/aromatic N) is 2. The lowest BCUT2D eigenvalue weighted by molar-refractivity contribution is -0.121. The number of hydrogen-bond donors (Lipinski definition) is 2. The molecule has 0 aliphatic rings. The number of carbonyl (C=O) groups excluding carboxylic acids is 1. The van der Waals surface area contributed by atoms with E-state index in [1.807, 2.05) is 20.0 Å². The standard InChI is InChI=1S/C11H14N4OS2/c1-6-4-13-10(18-6)7(2)14-9(16)3-8-5-17-11(12)15-8/h4-5,7H,3H2,1-2H3,(H2,12,15)(H,14,16). The van der Waals surface area contributed by atoms with E-state index in [0.29, 0.717) is 10.8 Å². The van der Waals surface area contributed by atoms with Crippen LogP contribution in [0.15, 0.2) is 11.6 Å². The number of hydrogen-bond acceptors (Lipinski definition) is 6. The van der Waals surface area contributed by atoms with Crippen LogP contribution in [0.4, 0.5) is 5.13 Å². The molecule has 0 aliphatic carbocycles. The van der Waals surface area contributed by atoms with Crippen molar-refractivity contribution in [3.8, 4) is 0 Å². The SMILES string of the molecule is Cc1cnc(C(C)NC(=O)Cc2csc(N)n2)s1. The first-order valence-corrected chi connectivity index (χ1v) is 7.16. The third-order valence-electron chi connectivity index (χ3n) is 2.30. The maximum absolute atomic E-state index is 11.8. The molecule has 0 aromatic carbocycles. The van der Waals surface area contributed by atoms with Crippen molar-refractivity contribution in [1.29, 1.82) is 0 Å². The van der Waals surface area contributed by atoms with Gasteiger partial charge in [-0.05, 0) is 13.8 Å². The molecule has 2 aromatic heterocycles. The van der Waals surface area contributed by atoms with E-state index >= 15 is 0 Å². The lowest BCUT2D eigenvalue weighted by atomic mass is 10.3. The first kappa shape index (κ1) is 13.0. The maximum atomic E-state index is 11.8. The third kappa shape index (κ3) is 3.27. The zero-order valence-corrected chi connectivity index (χ0v) is 11.8. The Morgan fingerprint density at radius 2 is 2.39 bits per heavy atom. The number of aromatic nitrogens is 2. The van der Waals surface area contributed by atoms with Crippen LogP contribution in [0.2, 0.25) is 0 Å². The van der Waals surface area contributed by atoms with Crippen LogP contribution in [0, 0.1) is 6.92 Å². The summed E-state index contributed by atoms with van der Waals surface area (Å²) in [7, 11) is 0. The minimum absolute atomic E-state index is 0.0688. The average molecular weight is 282 g/mol. The van der Waals surface area contributed by atoms with E-state index in [1.165, 1.54) is 11.3 Å². The van der Waals surface area contributed by atoms with Gasteiger partial charge in [0.25, 0.3) is 0 Å². The van der Waals surface area contributed by atoms with Gasteiger partial charge in [0.05, 0.1) is 18.2 Å². The predicted octanol–water partition coefficient (Wildman–Crippen LogP) is 1.91. The van der Waals surface area contributed by atoms with Crippen molar-refractivity contribution in [2.45, 2.75) is 26.3 Å². The fourth-order valence-electron chi connectivity index (χ4n) is 1.49. The van der Waals surface area contributed by atoms with Gasteiger partial charge >= 0.3 is 0 Å². The van der Waals surface area contributed by atoms with Gasteiger partial charge in [0.2, 0.25) is 5.91 Å². The van der Waals surface area contributed by atoms with Gasteiger partial charge < -0.3 is 11.1 Å². The number of thiazole rings is 2. The molecule has 0 radical (unpaired) electrons. The smallest absolute Gasteiger partial charge is 0.226 e. The van der Waals surface area contributed by atoms with E-state index in [1.54, 1.807) is 16.7 Å². The molecule has 0 bridgehead atoms. The molecule has 0 saturated carbocycles. The molecule has 1 atom stereocenters. The number of rotatable bonds is 4. The lowest BCUT2D eigenvalue weighted by Gasteiger charge is -2.10. The lowest BCUT2D eigenvalue weighted by Crippen LogP contribution is -2.28. The Morgan fingerprint density at radius 1 is 1.61 bits per heavy atom. The number of nitrogens with one attached hydrogen (secondary N) is 1. The monoisotopic (exact) mass is 282 g/mol.